The van der Waals surface area contributed by atoms with E-state index >= 15 is 0 Å². The van der Waals surface area contributed by atoms with Crippen LogP contribution in [0, 0.1) is 11.6 Å². The van der Waals surface area contributed by atoms with Crippen molar-refractivity contribution in [3.8, 4) is 0 Å². The van der Waals surface area contributed by atoms with Crippen LogP contribution in [-0.2, 0) is 4.74 Å². The minimum absolute atomic E-state index is 0.0132. The number of amides is 1. The van der Waals surface area contributed by atoms with E-state index in [0.29, 0.717) is 25.9 Å². The fourth-order valence-electron chi connectivity index (χ4n) is 2.45. The lowest BCUT2D eigenvalue weighted by atomic mass is 10.0. The summed E-state index contributed by atoms with van der Waals surface area (Å²) in [5, 5.41) is 2.95. The first kappa shape index (κ1) is 17.3. The maximum absolute atomic E-state index is 13.8. The van der Waals surface area contributed by atoms with Gasteiger partial charge in [0.2, 0.25) is 0 Å². The molecule has 5 nitrogen and oxygen atoms in total. The van der Waals surface area contributed by atoms with Gasteiger partial charge in [0.1, 0.15) is 5.60 Å². The highest BCUT2D eigenvalue weighted by Crippen LogP contribution is 2.27. The van der Waals surface area contributed by atoms with E-state index in [9.17, 15) is 13.6 Å². The highest BCUT2D eigenvalue weighted by Gasteiger charge is 2.27. The second kappa shape index (κ2) is 6.60. The van der Waals surface area contributed by atoms with Crippen molar-refractivity contribution < 1.29 is 18.3 Å². The average Bonchev–Trinajstić information content (AvgIpc) is 2.46. The summed E-state index contributed by atoms with van der Waals surface area (Å²) in [7, 11) is 0. The van der Waals surface area contributed by atoms with E-state index in [1.807, 2.05) is 20.8 Å². The summed E-state index contributed by atoms with van der Waals surface area (Å²) in [6, 6.07) is 2.25. The lowest BCUT2D eigenvalue weighted by Crippen LogP contribution is -2.44. The number of nitrogens with one attached hydrogen (secondary N) is 1. The number of ether oxygens (including phenoxy) is 1. The molecule has 23 heavy (non-hydrogen) atoms. The number of likely N-dealkylation sites (tertiary alicyclic amines) is 1. The molecule has 3 N–H and O–H groups in total. The van der Waals surface area contributed by atoms with Crippen molar-refractivity contribution >= 4 is 17.5 Å². The van der Waals surface area contributed by atoms with Gasteiger partial charge < -0.3 is 20.7 Å². The van der Waals surface area contributed by atoms with Gasteiger partial charge in [0.25, 0.3) is 0 Å². The van der Waals surface area contributed by atoms with E-state index in [0.717, 1.165) is 6.07 Å². The lowest BCUT2D eigenvalue weighted by molar-refractivity contribution is 0.0210. The SMILES string of the molecule is CC(C)(C)OC(=O)N1CCC(Nc2c(N)ccc(F)c2F)CC1. The molecule has 1 fully saturated rings. The van der Waals surface area contributed by atoms with Crippen LogP contribution in [0.3, 0.4) is 0 Å². The number of nitrogens with zero attached hydrogens (tertiary/aromatic N) is 1. The van der Waals surface area contributed by atoms with Crippen molar-refractivity contribution in [2.45, 2.75) is 45.3 Å². The number of nitrogen functional groups attached to an aromatic ring is 1. The molecule has 1 aliphatic heterocycles. The second-order valence-corrected chi connectivity index (χ2v) is 6.71. The minimum Gasteiger partial charge on any atom is -0.444 e. The molecule has 0 unspecified atom stereocenters. The van der Waals surface area contributed by atoms with Crippen molar-refractivity contribution in [1.82, 2.24) is 4.90 Å². The van der Waals surface area contributed by atoms with Gasteiger partial charge in [-0.1, -0.05) is 0 Å². The largest absolute Gasteiger partial charge is 0.444 e. The number of piperidine rings is 1. The standard InChI is InChI=1S/C16H23F2N3O2/c1-16(2,3)23-15(22)21-8-6-10(7-9-21)20-14-12(19)5-4-11(17)13(14)18/h4-5,10,20H,6-9,19H2,1-3H3. The first-order valence-corrected chi connectivity index (χ1v) is 7.65. The quantitative estimate of drug-likeness (QED) is 0.817. The van der Waals surface area contributed by atoms with Crippen molar-refractivity contribution in [2.24, 2.45) is 0 Å². The molecule has 0 atom stereocenters. The molecule has 1 saturated heterocycles. The molecule has 128 valence electrons. The Labute approximate surface area is 134 Å². The summed E-state index contributed by atoms with van der Waals surface area (Å²) in [5.41, 5.74) is 5.31. The van der Waals surface area contributed by atoms with E-state index in [1.165, 1.54) is 6.07 Å². The summed E-state index contributed by atoms with van der Waals surface area (Å²) in [6.45, 7) is 6.42. The number of anilines is 2. The summed E-state index contributed by atoms with van der Waals surface area (Å²) >= 11 is 0. The molecule has 0 bridgehead atoms. The van der Waals surface area contributed by atoms with Gasteiger partial charge in [-0.05, 0) is 45.7 Å². The predicted molar refractivity (Wildman–Crippen MR) is 85.2 cm³/mol. The number of carbonyl (C=O) groups excluding carboxylic acids is 1. The fourth-order valence-corrected chi connectivity index (χ4v) is 2.45. The van der Waals surface area contributed by atoms with E-state index in [2.05, 4.69) is 5.32 Å². The van der Waals surface area contributed by atoms with Gasteiger partial charge in [0.05, 0.1) is 11.4 Å². The number of halogens is 2. The third-order valence-electron chi connectivity index (χ3n) is 3.62. The van der Waals surface area contributed by atoms with Gasteiger partial charge in [-0.2, -0.15) is 0 Å². The Morgan fingerprint density at radius 3 is 2.48 bits per heavy atom. The van der Waals surface area contributed by atoms with Crippen molar-refractivity contribution in [3.05, 3.63) is 23.8 Å². The Morgan fingerprint density at radius 1 is 1.30 bits per heavy atom. The molecule has 2 rings (SSSR count). The summed E-state index contributed by atoms with van der Waals surface area (Å²) in [5.74, 6) is -1.91. The molecular formula is C16H23F2N3O2. The van der Waals surface area contributed by atoms with Crippen molar-refractivity contribution in [1.29, 1.82) is 0 Å². The Balaban J connectivity index is 1.93. The number of hydrogen-bond donors (Lipinski definition) is 2. The normalized spacial score (nSPS) is 16.3. The van der Waals surface area contributed by atoms with Crippen LogP contribution in [0.15, 0.2) is 12.1 Å². The lowest BCUT2D eigenvalue weighted by Gasteiger charge is -2.34. The van der Waals surface area contributed by atoms with Crippen molar-refractivity contribution in [3.63, 3.8) is 0 Å². The van der Waals surface area contributed by atoms with E-state index in [4.69, 9.17) is 10.5 Å². The zero-order valence-corrected chi connectivity index (χ0v) is 13.7. The molecule has 7 heteroatoms. The van der Waals surface area contributed by atoms with E-state index < -0.39 is 17.2 Å². The predicted octanol–water partition coefficient (Wildman–Crippen LogP) is 3.36. The van der Waals surface area contributed by atoms with Crippen LogP contribution in [-0.4, -0.2) is 35.7 Å². The smallest absolute Gasteiger partial charge is 0.410 e. The summed E-state index contributed by atoms with van der Waals surface area (Å²) < 4.78 is 32.4. The monoisotopic (exact) mass is 327 g/mol. The van der Waals surface area contributed by atoms with Gasteiger partial charge in [0.15, 0.2) is 11.6 Å². The number of hydrogen-bond acceptors (Lipinski definition) is 4. The molecular weight excluding hydrogens is 304 g/mol. The van der Waals surface area contributed by atoms with Crippen LogP contribution in [0.4, 0.5) is 25.0 Å². The topological polar surface area (TPSA) is 67.6 Å². The molecule has 1 aromatic carbocycles. The molecule has 0 saturated carbocycles. The molecule has 0 spiro atoms. The highest BCUT2D eigenvalue weighted by molar-refractivity contribution is 5.69. The van der Waals surface area contributed by atoms with Gasteiger partial charge >= 0.3 is 6.09 Å². The third kappa shape index (κ3) is 4.46. The first-order valence-electron chi connectivity index (χ1n) is 7.65. The number of benzene rings is 1. The summed E-state index contributed by atoms with van der Waals surface area (Å²) in [6.07, 6.45) is 0.857. The van der Waals surface area contributed by atoms with Crippen molar-refractivity contribution in [2.75, 3.05) is 24.1 Å². The Hall–Kier alpha value is -2.05. The van der Waals surface area contributed by atoms with E-state index in [-0.39, 0.29) is 23.5 Å². The van der Waals surface area contributed by atoms with Crippen LogP contribution in [0.1, 0.15) is 33.6 Å². The molecule has 1 heterocycles. The molecule has 1 aromatic rings. The first-order chi connectivity index (χ1) is 10.7. The molecule has 0 radical (unpaired) electrons. The third-order valence-corrected chi connectivity index (χ3v) is 3.62. The van der Waals surface area contributed by atoms with Crippen LogP contribution < -0.4 is 11.1 Å². The summed E-state index contributed by atoms with van der Waals surface area (Å²) in [4.78, 5) is 13.6. The van der Waals surface area contributed by atoms with Crippen LogP contribution in [0.25, 0.3) is 0 Å². The minimum atomic E-state index is -0.973. The van der Waals surface area contributed by atoms with Crippen LogP contribution in [0.2, 0.25) is 0 Å². The fraction of sp³-hybridized carbons (Fsp3) is 0.562. The zero-order valence-electron chi connectivity index (χ0n) is 13.7. The van der Waals surface area contributed by atoms with Gasteiger partial charge in [0, 0.05) is 19.1 Å². The number of carbonyl (C=O) groups is 1. The molecule has 1 amide bonds. The van der Waals surface area contributed by atoms with Crippen LogP contribution >= 0.6 is 0 Å². The molecule has 0 aliphatic carbocycles. The van der Waals surface area contributed by atoms with Crippen LogP contribution in [0.5, 0.6) is 0 Å². The second-order valence-electron chi connectivity index (χ2n) is 6.71. The zero-order chi connectivity index (χ0) is 17.2. The Kier molecular flexibility index (Phi) is 4.97. The number of nitrogens with two attached hydrogens (primary N) is 1. The van der Waals surface area contributed by atoms with Gasteiger partial charge in [-0.3, -0.25) is 0 Å². The maximum atomic E-state index is 13.8. The molecule has 1 aliphatic rings. The Bertz CT molecular complexity index is 579. The Morgan fingerprint density at radius 2 is 1.91 bits per heavy atom. The van der Waals surface area contributed by atoms with Gasteiger partial charge in [-0.25, -0.2) is 13.6 Å². The average molecular weight is 327 g/mol. The highest BCUT2D eigenvalue weighted by atomic mass is 19.2. The number of rotatable bonds is 2. The maximum Gasteiger partial charge on any atom is 0.410 e. The molecule has 0 aromatic heterocycles. The van der Waals surface area contributed by atoms with Gasteiger partial charge in [-0.15, -0.1) is 0 Å². The van der Waals surface area contributed by atoms with E-state index in [1.54, 1.807) is 4.90 Å².